The standard InChI is InChI=1S/C20H19N5O4S/c1-13-6-7-14(2)17(10-13)24-9-8-21-20(24)30-12-18(26)22-23-19(27)15-4-3-5-16(11-15)25(28)29/h3-11H,12H2,1-2H3,(H,22,26)(H,23,27). The van der Waals surface area contributed by atoms with E-state index in [9.17, 15) is 19.7 Å². The molecule has 3 aromatic rings. The van der Waals surface area contributed by atoms with Crippen LogP contribution < -0.4 is 10.9 Å². The van der Waals surface area contributed by atoms with Crippen molar-refractivity contribution in [2.75, 3.05) is 5.75 Å². The number of aryl methyl sites for hydroxylation is 2. The van der Waals surface area contributed by atoms with E-state index >= 15 is 0 Å². The Bertz CT molecular complexity index is 1110. The van der Waals surface area contributed by atoms with Crippen molar-refractivity contribution in [1.29, 1.82) is 0 Å². The van der Waals surface area contributed by atoms with Gasteiger partial charge in [0, 0.05) is 30.1 Å². The summed E-state index contributed by atoms with van der Waals surface area (Å²) >= 11 is 1.22. The molecule has 154 valence electrons. The van der Waals surface area contributed by atoms with E-state index in [4.69, 9.17) is 0 Å². The second kappa shape index (κ2) is 9.23. The predicted molar refractivity (Wildman–Crippen MR) is 112 cm³/mol. The number of hydrogen-bond donors (Lipinski definition) is 2. The van der Waals surface area contributed by atoms with Gasteiger partial charge >= 0.3 is 0 Å². The largest absolute Gasteiger partial charge is 0.295 e. The van der Waals surface area contributed by atoms with Gasteiger partial charge in [0.05, 0.1) is 16.4 Å². The SMILES string of the molecule is Cc1ccc(C)c(-n2ccnc2SCC(=O)NNC(=O)c2cccc([N+](=O)[O-])c2)c1. The lowest BCUT2D eigenvalue weighted by Crippen LogP contribution is -2.42. The summed E-state index contributed by atoms with van der Waals surface area (Å²) in [5.41, 5.74) is 7.60. The van der Waals surface area contributed by atoms with Crippen molar-refractivity contribution in [3.8, 4) is 5.69 Å². The van der Waals surface area contributed by atoms with Crippen molar-refractivity contribution in [1.82, 2.24) is 20.4 Å². The molecule has 2 aromatic carbocycles. The predicted octanol–water partition coefficient (Wildman–Crippen LogP) is 2.95. The summed E-state index contributed by atoms with van der Waals surface area (Å²) < 4.78 is 1.90. The minimum absolute atomic E-state index is 0.0249. The van der Waals surface area contributed by atoms with Crippen molar-refractivity contribution >= 4 is 29.3 Å². The second-order valence-corrected chi connectivity index (χ2v) is 7.41. The molecular weight excluding hydrogens is 406 g/mol. The van der Waals surface area contributed by atoms with Crippen LogP contribution in [0.5, 0.6) is 0 Å². The molecule has 3 rings (SSSR count). The van der Waals surface area contributed by atoms with Gasteiger partial charge in [-0.05, 0) is 37.1 Å². The van der Waals surface area contributed by atoms with E-state index in [2.05, 4.69) is 15.8 Å². The lowest BCUT2D eigenvalue weighted by molar-refractivity contribution is -0.384. The van der Waals surface area contributed by atoms with Crippen molar-refractivity contribution in [3.63, 3.8) is 0 Å². The molecule has 0 aliphatic carbocycles. The van der Waals surface area contributed by atoms with E-state index in [0.717, 1.165) is 22.9 Å². The molecule has 0 fully saturated rings. The van der Waals surface area contributed by atoms with E-state index in [1.165, 1.54) is 30.0 Å². The summed E-state index contributed by atoms with van der Waals surface area (Å²) in [6.07, 6.45) is 3.48. The minimum Gasteiger partial charge on any atom is -0.295 e. The highest BCUT2D eigenvalue weighted by Gasteiger charge is 2.14. The number of nitrogens with zero attached hydrogens (tertiary/aromatic N) is 3. The van der Waals surface area contributed by atoms with Crippen molar-refractivity contribution in [3.05, 3.63) is 81.7 Å². The van der Waals surface area contributed by atoms with Crippen LogP contribution in [0.3, 0.4) is 0 Å². The smallest absolute Gasteiger partial charge is 0.270 e. The summed E-state index contributed by atoms with van der Waals surface area (Å²) in [6.45, 7) is 4.00. The maximum Gasteiger partial charge on any atom is 0.270 e. The number of non-ortho nitro benzene ring substituents is 1. The fourth-order valence-corrected chi connectivity index (χ4v) is 3.45. The number of carbonyl (C=O) groups is 2. The molecular formula is C20H19N5O4S. The van der Waals surface area contributed by atoms with Crippen LogP contribution in [0.15, 0.2) is 60.0 Å². The van der Waals surface area contributed by atoms with Crippen molar-refractivity contribution in [2.45, 2.75) is 19.0 Å². The van der Waals surface area contributed by atoms with Crippen LogP contribution in [0.2, 0.25) is 0 Å². The molecule has 0 unspecified atom stereocenters. The number of hydrazine groups is 1. The molecule has 0 spiro atoms. The Morgan fingerprint density at radius 3 is 2.73 bits per heavy atom. The molecule has 2 amide bonds. The topological polar surface area (TPSA) is 119 Å². The van der Waals surface area contributed by atoms with Crippen LogP contribution >= 0.6 is 11.8 Å². The van der Waals surface area contributed by atoms with Crippen LogP contribution in [0.25, 0.3) is 5.69 Å². The normalized spacial score (nSPS) is 10.5. The first kappa shape index (κ1) is 21.1. The minimum atomic E-state index is -0.645. The molecule has 0 aliphatic rings. The number of imidazole rings is 1. The summed E-state index contributed by atoms with van der Waals surface area (Å²) in [6, 6.07) is 11.3. The highest BCUT2D eigenvalue weighted by molar-refractivity contribution is 7.99. The quantitative estimate of drug-likeness (QED) is 0.356. The van der Waals surface area contributed by atoms with E-state index in [-0.39, 0.29) is 17.0 Å². The number of nitrogens with one attached hydrogen (secondary N) is 2. The lowest BCUT2D eigenvalue weighted by atomic mass is 10.1. The third kappa shape index (κ3) is 5.03. The molecule has 2 N–H and O–H groups in total. The molecule has 0 aliphatic heterocycles. The fraction of sp³-hybridized carbons (Fsp3) is 0.150. The number of aromatic nitrogens is 2. The Hall–Kier alpha value is -3.66. The molecule has 0 saturated heterocycles. The Morgan fingerprint density at radius 2 is 1.97 bits per heavy atom. The van der Waals surface area contributed by atoms with Gasteiger partial charge in [0.15, 0.2) is 5.16 Å². The van der Waals surface area contributed by atoms with Crippen LogP contribution in [-0.2, 0) is 4.79 Å². The Kier molecular flexibility index (Phi) is 6.48. The zero-order valence-corrected chi connectivity index (χ0v) is 17.1. The zero-order chi connectivity index (χ0) is 21.7. The van der Waals surface area contributed by atoms with Crippen molar-refractivity contribution < 1.29 is 14.5 Å². The first-order valence-electron chi connectivity index (χ1n) is 8.92. The van der Waals surface area contributed by atoms with Gasteiger partial charge in [0.1, 0.15) is 0 Å². The van der Waals surface area contributed by atoms with Gasteiger partial charge in [-0.15, -0.1) is 0 Å². The molecule has 1 aromatic heterocycles. The summed E-state index contributed by atoms with van der Waals surface area (Å²) in [5, 5.41) is 11.4. The van der Waals surface area contributed by atoms with Crippen LogP contribution in [0, 0.1) is 24.0 Å². The third-order valence-electron chi connectivity index (χ3n) is 4.20. The van der Waals surface area contributed by atoms with E-state index in [0.29, 0.717) is 5.16 Å². The van der Waals surface area contributed by atoms with Gasteiger partial charge in [-0.3, -0.25) is 35.1 Å². The van der Waals surface area contributed by atoms with Gasteiger partial charge in [-0.1, -0.05) is 30.0 Å². The second-order valence-electron chi connectivity index (χ2n) is 6.47. The highest BCUT2D eigenvalue weighted by atomic mass is 32.2. The number of amides is 2. The van der Waals surface area contributed by atoms with E-state index in [1.807, 2.05) is 42.8 Å². The third-order valence-corrected chi connectivity index (χ3v) is 5.16. The number of hydrogen-bond acceptors (Lipinski definition) is 6. The summed E-state index contributed by atoms with van der Waals surface area (Å²) in [4.78, 5) is 38.7. The zero-order valence-electron chi connectivity index (χ0n) is 16.3. The monoisotopic (exact) mass is 425 g/mol. The van der Waals surface area contributed by atoms with Gasteiger partial charge in [0.2, 0.25) is 5.91 Å². The first-order valence-corrected chi connectivity index (χ1v) is 9.91. The average Bonchev–Trinajstić information content (AvgIpc) is 3.20. The molecule has 0 bridgehead atoms. The van der Waals surface area contributed by atoms with Gasteiger partial charge in [-0.25, -0.2) is 4.98 Å². The average molecular weight is 425 g/mol. The maximum absolute atomic E-state index is 12.1. The number of benzene rings is 2. The number of carbonyl (C=O) groups excluding carboxylic acids is 2. The first-order chi connectivity index (χ1) is 14.3. The van der Waals surface area contributed by atoms with Crippen LogP contribution in [0.1, 0.15) is 21.5 Å². The summed E-state index contributed by atoms with van der Waals surface area (Å²) in [5.74, 6) is -1.06. The molecule has 10 heteroatoms. The number of nitro groups is 1. The van der Waals surface area contributed by atoms with Crippen molar-refractivity contribution in [2.24, 2.45) is 0 Å². The Balaban J connectivity index is 1.58. The van der Waals surface area contributed by atoms with Gasteiger partial charge in [0.25, 0.3) is 11.6 Å². The highest BCUT2D eigenvalue weighted by Crippen LogP contribution is 2.23. The number of rotatable bonds is 6. The molecule has 1 heterocycles. The lowest BCUT2D eigenvalue weighted by Gasteiger charge is -2.11. The fourth-order valence-electron chi connectivity index (χ4n) is 2.68. The Morgan fingerprint density at radius 1 is 1.17 bits per heavy atom. The van der Waals surface area contributed by atoms with Crippen LogP contribution in [-0.4, -0.2) is 32.0 Å². The van der Waals surface area contributed by atoms with Gasteiger partial charge < -0.3 is 0 Å². The van der Waals surface area contributed by atoms with Crippen LogP contribution in [0.4, 0.5) is 5.69 Å². The number of thioether (sulfide) groups is 1. The maximum atomic E-state index is 12.1. The molecule has 0 saturated carbocycles. The van der Waals surface area contributed by atoms with E-state index < -0.39 is 16.7 Å². The Labute approximate surface area is 176 Å². The number of nitro benzene ring substituents is 1. The molecule has 30 heavy (non-hydrogen) atoms. The van der Waals surface area contributed by atoms with Gasteiger partial charge in [-0.2, -0.15) is 0 Å². The van der Waals surface area contributed by atoms with E-state index in [1.54, 1.807) is 6.20 Å². The molecule has 9 nitrogen and oxygen atoms in total. The molecule has 0 atom stereocenters. The summed E-state index contributed by atoms with van der Waals surface area (Å²) in [7, 11) is 0. The molecule has 0 radical (unpaired) electrons.